The van der Waals surface area contributed by atoms with E-state index in [2.05, 4.69) is 31.0 Å². The molecule has 0 atom stereocenters. The highest BCUT2D eigenvalue weighted by Crippen LogP contribution is 2.31. The van der Waals surface area contributed by atoms with E-state index in [0.717, 1.165) is 26.7 Å². The molecule has 0 aliphatic carbocycles. The van der Waals surface area contributed by atoms with Gasteiger partial charge >= 0.3 is 5.97 Å². The number of anilines is 2. The Kier molecular flexibility index (Phi) is 5.58. The fourth-order valence-electron chi connectivity index (χ4n) is 1.70. The SMILES string of the molecule is COC(=O)CCc1csc(Nc2cc(Br)ccc2OC)n1. The van der Waals surface area contributed by atoms with Crippen molar-refractivity contribution in [2.75, 3.05) is 19.5 Å². The Morgan fingerprint density at radius 3 is 2.95 bits per heavy atom. The number of hydrogen-bond donors (Lipinski definition) is 1. The third kappa shape index (κ3) is 4.44. The van der Waals surface area contributed by atoms with Gasteiger partial charge in [0.2, 0.25) is 0 Å². The summed E-state index contributed by atoms with van der Waals surface area (Å²) in [6.07, 6.45) is 0.903. The van der Waals surface area contributed by atoms with E-state index in [1.807, 2.05) is 23.6 Å². The van der Waals surface area contributed by atoms with E-state index < -0.39 is 0 Å². The number of aromatic nitrogens is 1. The van der Waals surface area contributed by atoms with Crippen LogP contribution in [0.3, 0.4) is 0 Å². The minimum Gasteiger partial charge on any atom is -0.495 e. The molecule has 2 rings (SSSR count). The fraction of sp³-hybridized carbons (Fsp3) is 0.286. The molecule has 0 radical (unpaired) electrons. The van der Waals surface area contributed by atoms with E-state index in [1.165, 1.54) is 18.4 Å². The van der Waals surface area contributed by atoms with Gasteiger partial charge in [-0.3, -0.25) is 4.79 Å². The standard InChI is InChI=1S/C14H15BrN2O3S/c1-19-12-5-3-9(15)7-11(12)17-14-16-10(8-21-14)4-6-13(18)20-2/h3,5,7-8H,4,6H2,1-2H3,(H,16,17). The first-order chi connectivity index (χ1) is 10.1. The summed E-state index contributed by atoms with van der Waals surface area (Å²) >= 11 is 4.91. The van der Waals surface area contributed by atoms with Gasteiger partial charge in [-0.25, -0.2) is 4.98 Å². The Balaban J connectivity index is 2.05. The molecule has 1 aromatic carbocycles. The van der Waals surface area contributed by atoms with Crippen molar-refractivity contribution >= 4 is 44.1 Å². The fourth-order valence-corrected chi connectivity index (χ4v) is 2.82. The summed E-state index contributed by atoms with van der Waals surface area (Å²) < 4.78 is 10.9. The van der Waals surface area contributed by atoms with E-state index in [-0.39, 0.29) is 5.97 Å². The van der Waals surface area contributed by atoms with Gasteiger partial charge in [-0.15, -0.1) is 11.3 Å². The summed E-state index contributed by atoms with van der Waals surface area (Å²) in [4.78, 5) is 15.6. The normalized spacial score (nSPS) is 10.2. The molecular formula is C14H15BrN2O3S. The van der Waals surface area contributed by atoms with Crippen LogP contribution in [0.1, 0.15) is 12.1 Å². The monoisotopic (exact) mass is 370 g/mol. The Morgan fingerprint density at radius 2 is 2.24 bits per heavy atom. The molecule has 2 aromatic rings. The molecule has 0 fully saturated rings. The summed E-state index contributed by atoms with van der Waals surface area (Å²) in [6, 6.07) is 5.71. The number of halogens is 1. The topological polar surface area (TPSA) is 60.5 Å². The highest BCUT2D eigenvalue weighted by Gasteiger charge is 2.09. The maximum Gasteiger partial charge on any atom is 0.305 e. The average Bonchev–Trinajstić information content (AvgIpc) is 2.92. The van der Waals surface area contributed by atoms with Gasteiger partial charge in [0.1, 0.15) is 5.75 Å². The minimum absolute atomic E-state index is 0.230. The number of ether oxygens (including phenoxy) is 2. The van der Waals surface area contributed by atoms with Crippen LogP contribution in [0.25, 0.3) is 0 Å². The molecule has 0 amide bonds. The smallest absolute Gasteiger partial charge is 0.305 e. The van der Waals surface area contributed by atoms with Gasteiger partial charge in [-0.1, -0.05) is 15.9 Å². The van der Waals surface area contributed by atoms with Crippen LogP contribution in [0.4, 0.5) is 10.8 Å². The molecule has 1 N–H and O–H groups in total. The quantitative estimate of drug-likeness (QED) is 0.784. The molecule has 0 aliphatic heterocycles. The molecule has 21 heavy (non-hydrogen) atoms. The Labute approximate surface area is 135 Å². The second-order valence-corrected chi connectivity index (χ2v) is 5.96. The lowest BCUT2D eigenvalue weighted by Gasteiger charge is -2.09. The Hall–Kier alpha value is -1.60. The number of aryl methyl sites for hydroxylation is 1. The zero-order chi connectivity index (χ0) is 15.2. The van der Waals surface area contributed by atoms with Crippen molar-refractivity contribution in [1.82, 2.24) is 4.98 Å². The van der Waals surface area contributed by atoms with E-state index in [0.29, 0.717) is 12.8 Å². The molecular weight excluding hydrogens is 356 g/mol. The average molecular weight is 371 g/mol. The number of thiazole rings is 1. The molecule has 7 heteroatoms. The maximum atomic E-state index is 11.1. The molecule has 112 valence electrons. The van der Waals surface area contributed by atoms with Gasteiger partial charge in [0.05, 0.1) is 32.0 Å². The summed E-state index contributed by atoms with van der Waals surface area (Å²) in [6.45, 7) is 0. The van der Waals surface area contributed by atoms with Crippen LogP contribution in [0, 0.1) is 0 Å². The van der Waals surface area contributed by atoms with Crippen molar-refractivity contribution in [3.8, 4) is 5.75 Å². The molecule has 0 saturated carbocycles. The lowest BCUT2D eigenvalue weighted by molar-refractivity contribution is -0.140. The van der Waals surface area contributed by atoms with E-state index >= 15 is 0 Å². The number of rotatable bonds is 6. The van der Waals surface area contributed by atoms with Gasteiger partial charge < -0.3 is 14.8 Å². The predicted molar refractivity (Wildman–Crippen MR) is 86.4 cm³/mol. The van der Waals surface area contributed by atoms with Crippen molar-refractivity contribution in [2.45, 2.75) is 12.8 Å². The van der Waals surface area contributed by atoms with Crippen LogP contribution in [0.5, 0.6) is 5.75 Å². The number of hydrogen-bond acceptors (Lipinski definition) is 6. The molecule has 5 nitrogen and oxygen atoms in total. The van der Waals surface area contributed by atoms with Crippen molar-refractivity contribution in [3.63, 3.8) is 0 Å². The zero-order valence-corrected chi connectivity index (χ0v) is 14.1. The summed E-state index contributed by atoms with van der Waals surface area (Å²) in [5.74, 6) is 0.510. The third-order valence-corrected chi connectivity index (χ3v) is 4.07. The third-order valence-electron chi connectivity index (χ3n) is 2.77. The van der Waals surface area contributed by atoms with Crippen LogP contribution >= 0.6 is 27.3 Å². The van der Waals surface area contributed by atoms with Crippen LogP contribution in [-0.2, 0) is 16.0 Å². The lowest BCUT2D eigenvalue weighted by Crippen LogP contribution is -2.02. The van der Waals surface area contributed by atoms with Gasteiger partial charge in [0, 0.05) is 16.3 Å². The number of nitrogens with one attached hydrogen (secondary N) is 1. The zero-order valence-electron chi connectivity index (χ0n) is 11.7. The summed E-state index contributed by atoms with van der Waals surface area (Å²) in [5, 5.41) is 5.90. The molecule has 0 spiro atoms. The van der Waals surface area contributed by atoms with Crippen LogP contribution in [0.2, 0.25) is 0 Å². The van der Waals surface area contributed by atoms with Gasteiger partial charge in [-0.2, -0.15) is 0 Å². The van der Waals surface area contributed by atoms with E-state index in [1.54, 1.807) is 7.11 Å². The first-order valence-corrected chi connectivity index (χ1v) is 7.91. The molecule has 0 bridgehead atoms. The maximum absolute atomic E-state index is 11.1. The van der Waals surface area contributed by atoms with Crippen LogP contribution < -0.4 is 10.1 Å². The minimum atomic E-state index is -0.230. The molecule has 0 aliphatic rings. The number of benzene rings is 1. The van der Waals surface area contributed by atoms with Gasteiger partial charge in [0.15, 0.2) is 5.13 Å². The highest BCUT2D eigenvalue weighted by atomic mass is 79.9. The first-order valence-electron chi connectivity index (χ1n) is 6.24. The largest absolute Gasteiger partial charge is 0.495 e. The predicted octanol–water partition coefficient (Wildman–Crippen LogP) is 3.76. The number of nitrogens with zero attached hydrogens (tertiary/aromatic N) is 1. The number of carbonyl (C=O) groups excluding carboxylic acids is 1. The van der Waals surface area contributed by atoms with Crippen molar-refractivity contribution in [3.05, 3.63) is 33.7 Å². The van der Waals surface area contributed by atoms with Crippen molar-refractivity contribution in [1.29, 1.82) is 0 Å². The van der Waals surface area contributed by atoms with Gasteiger partial charge in [0.25, 0.3) is 0 Å². The second kappa shape index (κ2) is 7.42. The second-order valence-electron chi connectivity index (χ2n) is 4.19. The summed E-state index contributed by atoms with van der Waals surface area (Å²) in [5.41, 5.74) is 1.70. The molecule has 0 saturated heterocycles. The molecule has 1 heterocycles. The number of esters is 1. The lowest BCUT2D eigenvalue weighted by atomic mass is 10.2. The van der Waals surface area contributed by atoms with Crippen LogP contribution in [0.15, 0.2) is 28.1 Å². The molecule has 1 aromatic heterocycles. The van der Waals surface area contributed by atoms with Crippen molar-refractivity contribution in [2.24, 2.45) is 0 Å². The Bertz CT molecular complexity index is 630. The Morgan fingerprint density at radius 1 is 1.43 bits per heavy atom. The number of carbonyl (C=O) groups is 1. The van der Waals surface area contributed by atoms with E-state index in [9.17, 15) is 4.79 Å². The highest BCUT2D eigenvalue weighted by molar-refractivity contribution is 9.10. The van der Waals surface area contributed by atoms with E-state index in [4.69, 9.17) is 4.74 Å². The number of methoxy groups -OCH3 is 2. The van der Waals surface area contributed by atoms with Gasteiger partial charge in [-0.05, 0) is 18.2 Å². The summed E-state index contributed by atoms with van der Waals surface area (Å²) in [7, 11) is 3.01. The van der Waals surface area contributed by atoms with Crippen molar-refractivity contribution < 1.29 is 14.3 Å². The van der Waals surface area contributed by atoms with Crippen LogP contribution in [-0.4, -0.2) is 25.2 Å². The first kappa shape index (κ1) is 15.8. The molecule has 0 unspecified atom stereocenters.